The smallest absolute Gasteiger partial charge is 0.382 e. The van der Waals surface area contributed by atoms with Crippen LogP contribution in [0.15, 0.2) is 45.2 Å². The fraction of sp³-hybridized carbons (Fsp3) is 0.188. The standard InChI is InChI=1S/C16H11BrClF3N4OS/c17-12-3-2-10(27-12)5-6-22-11-8-24-25(15(26)14(11)18)13-4-1-9(7-23-13)16(19,20)21/h1-4,7-8,22H,5-6H2. The second kappa shape index (κ2) is 7.99. The lowest BCUT2D eigenvalue weighted by Gasteiger charge is -2.10. The largest absolute Gasteiger partial charge is 0.417 e. The first kappa shape index (κ1) is 19.8. The number of pyridine rings is 1. The minimum atomic E-state index is -4.51. The average molecular weight is 480 g/mol. The van der Waals surface area contributed by atoms with Crippen LogP contribution in [0.5, 0.6) is 0 Å². The lowest BCUT2D eigenvalue weighted by Crippen LogP contribution is -2.24. The molecule has 11 heteroatoms. The molecule has 142 valence electrons. The molecular formula is C16H11BrClF3N4OS. The lowest BCUT2D eigenvalue weighted by molar-refractivity contribution is -0.137. The van der Waals surface area contributed by atoms with E-state index in [4.69, 9.17) is 11.6 Å². The maximum absolute atomic E-state index is 12.6. The maximum atomic E-state index is 12.6. The van der Waals surface area contributed by atoms with Crippen molar-refractivity contribution in [2.45, 2.75) is 12.6 Å². The summed E-state index contributed by atoms with van der Waals surface area (Å²) in [6.07, 6.45) is -1.79. The quantitative estimate of drug-likeness (QED) is 0.572. The molecule has 0 atom stereocenters. The van der Waals surface area contributed by atoms with E-state index in [1.54, 1.807) is 11.3 Å². The molecule has 3 aromatic heterocycles. The fourth-order valence-electron chi connectivity index (χ4n) is 2.20. The summed E-state index contributed by atoms with van der Waals surface area (Å²) in [4.78, 5) is 17.2. The number of aromatic nitrogens is 3. The van der Waals surface area contributed by atoms with Gasteiger partial charge in [-0.2, -0.15) is 23.0 Å². The predicted octanol–water partition coefficient (Wildman–Crippen LogP) is 4.78. The highest BCUT2D eigenvalue weighted by atomic mass is 79.9. The highest BCUT2D eigenvalue weighted by molar-refractivity contribution is 9.11. The van der Waals surface area contributed by atoms with Gasteiger partial charge >= 0.3 is 6.18 Å². The number of nitrogens with one attached hydrogen (secondary N) is 1. The Kier molecular flexibility index (Phi) is 5.87. The third kappa shape index (κ3) is 4.69. The molecule has 0 unspecified atom stereocenters. The van der Waals surface area contributed by atoms with E-state index in [1.807, 2.05) is 12.1 Å². The van der Waals surface area contributed by atoms with Crippen LogP contribution in [0, 0.1) is 0 Å². The van der Waals surface area contributed by atoms with Gasteiger partial charge in [-0.05, 0) is 46.6 Å². The minimum absolute atomic E-state index is 0.0510. The van der Waals surface area contributed by atoms with Gasteiger partial charge in [0.25, 0.3) is 5.56 Å². The van der Waals surface area contributed by atoms with Crippen LogP contribution in [-0.2, 0) is 12.6 Å². The van der Waals surface area contributed by atoms with E-state index in [0.717, 1.165) is 31.9 Å². The van der Waals surface area contributed by atoms with Gasteiger partial charge in [-0.1, -0.05) is 11.6 Å². The topological polar surface area (TPSA) is 59.8 Å². The number of alkyl halides is 3. The van der Waals surface area contributed by atoms with E-state index in [9.17, 15) is 18.0 Å². The van der Waals surface area contributed by atoms with Crippen LogP contribution in [0.4, 0.5) is 18.9 Å². The molecular weight excluding hydrogens is 469 g/mol. The first-order chi connectivity index (χ1) is 12.8. The molecule has 0 aliphatic carbocycles. The molecule has 1 N–H and O–H groups in total. The summed E-state index contributed by atoms with van der Waals surface area (Å²) in [5.74, 6) is -0.0510. The number of thiophene rings is 1. The molecule has 0 amide bonds. The van der Waals surface area contributed by atoms with E-state index in [0.29, 0.717) is 18.4 Å². The summed E-state index contributed by atoms with van der Waals surface area (Å²) in [5.41, 5.74) is -1.24. The third-order valence-corrected chi connectivity index (χ3v) is 5.58. The average Bonchev–Trinajstić information content (AvgIpc) is 3.03. The van der Waals surface area contributed by atoms with Crippen LogP contribution in [0.3, 0.4) is 0 Å². The van der Waals surface area contributed by atoms with E-state index in [-0.39, 0.29) is 10.8 Å². The molecule has 3 aromatic rings. The number of nitrogens with zero attached hydrogens (tertiary/aromatic N) is 3. The number of hydrogen-bond donors (Lipinski definition) is 1. The minimum Gasteiger partial charge on any atom is -0.382 e. The third-order valence-electron chi connectivity index (χ3n) is 3.53. The Morgan fingerprint density at radius 1 is 1.22 bits per heavy atom. The van der Waals surface area contributed by atoms with Gasteiger partial charge < -0.3 is 5.32 Å². The molecule has 0 saturated carbocycles. The van der Waals surface area contributed by atoms with Gasteiger partial charge in [0.15, 0.2) is 5.82 Å². The SMILES string of the molecule is O=c1c(Cl)c(NCCc2ccc(Br)s2)cnn1-c1ccc(C(F)(F)F)cn1. The summed E-state index contributed by atoms with van der Waals surface area (Å²) >= 11 is 11.1. The molecule has 0 spiro atoms. The van der Waals surface area contributed by atoms with Gasteiger partial charge in [-0.15, -0.1) is 11.3 Å². The Morgan fingerprint density at radius 3 is 2.59 bits per heavy atom. The van der Waals surface area contributed by atoms with Crippen LogP contribution in [0.25, 0.3) is 5.82 Å². The van der Waals surface area contributed by atoms with Crippen LogP contribution < -0.4 is 10.9 Å². The zero-order valence-corrected chi connectivity index (χ0v) is 16.6. The Morgan fingerprint density at radius 2 is 2.00 bits per heavy atom. The summed E-state index contributed by atoms with van der Waals surface area (Å²) in [6.45, 7) is 0.538. The number of anilines is 1. The van der Waals surface area contributed by atoms with Gasteiger partial charge in [-0.25, -0.2) is 4.98 Å². The molecule has 0 bridgehead atoms. The second-order valence-electron chi connectivity index (χ2n) is 5.37. The number of rotatable bonds is 5. The second-order valence-corrected chi connectivity index (χ2v) is 8.30. The number of hydrogen-bond acceptors (Lipinski definition) is 5. The fourth-order valence-corrected chi connectivity index (χ4v) is 3.88. The van der Waals surface area contributed by atoms with Crippen molar-refractivity contribution in [3.63, 3.8) is 0 Å². The molecule has 0 aliphatic heterocycles. The molecule has 27 heavy (non-hydrogen) atoms. The van der Waals surface area contributed by atoms with Gasteiger partial charge in [0.2, 0.25) is 0 Å². The van der Waals surface area contributed by atoms with E-state index in [2.05, 4.69) is 31.3 Å². The van der Waals surface area contributed by atoms with Crippen molar-refractivity contribution in [2.75, 3.05) is 11.9 Å². The molecule has 0 aliphatic rings. The van der Waals surface area contributed by atoms with Crippen molar-refractivity contribution in [2.24, 2.45) is 0 Å². The molecule has 3 heterocycles. The van der Waals surface area contributed by atoms with E-state index < -0.39 is 17.3 Å². The predicted molar refractivity (Wildman–Crippen MR) is 102 cm³/mol. The molecule has 3 rings (SSSR count). The molecule has 0 aromatic carbocycles. The Hall–Kier alpha value is -1.91. The van der Waals surface area contributed by atoms with Crippen LogP contribution in [0.1, 0.15) is 10.4 Å². The normalized spacial score (nSPS) is 11.6. The van der Waals surface area contributed by atoms with Crippen molar-refractivity contribution in [3.05, 3.63) is 66.3 Å². The van der Waals surface area contributed by atoms with Crippen molar-refractivity contribution < 1.29 is 13.2 Å². The molecule has 0 radical (unpaired) electrons. The van der Waals surface area contributed by atoms with Crippen LogP contribution in [-0.4, -0.2) is 21.3 Å². The summed E-state index contributed by atoms with van der Waals surface area (Å²) < 4.78 is 39.7. The Bertz CT molecular complexity index is 1000. The highest BCUT2D eigenvalue weighted by Gasteiger charge is 2.30. The van der Waals surface area contributed by atoms with Crippen LogP contribution >= 0.6 is 38.9 Å². The number of halogens is 5. The van der Waals surface area contributed by atoms with Crippen molar-refractivity contribution in [1.29, 1.82) is 0 Å². The van der Waals surface area contributed by atoms with Crippen molar-refractivity contribution >= 4 is 44.6 Å². The first-order valence-electron chi connectivity index (χ1n) is 7.55. The summed E-state index contributed by atoms with van der Waals surface area (Å²) in [5, 5.41) is 6.86. The Balaban J connectivity index is 1.75. The van der Waals surface area contributed by atoms with Gasteiger partial charge in [-0.3, -0.25) is 4.79 Å². The highest BCUT2D eigenvalue weighted by Crippen LogP contribution is 2.28. The summed E-state index contributed by atoms with van der Waals surface area (Å²) in [7, 11) is 0. The molecule has 0 saturated heterocycles. The monoisotopic (exact) mass is 478 g/mol. The Labute approximate surface area is 168 Å². The van der Waals surface area contributed by atoms with E-state index >= 15 is 0 Å². The summed E-state index contributed by atoms with van der Waals surface area (Å²) in [6, 6.07) is 5.84. The molecule has 0 fully saturated rings. The van der Waals surface area contributed by atoms with Gasteiger partial charge in [0.1, 0.15) is 5.02 Å². The zero-order chi connectivity index (χ0) is 19.6. The lowest BCUT2D eigenvalue weighted by atomic mass is 10.3. The van der Waals surface area contributed by atoms with Crippen molar-refractivity contribution in [3.8, 4) is 5.82 Å². The molecule has 5 nitrogen and oxygen atoms in total. The first-order valence-corrected chi connectivity index (χ1v) is 9.54. The van der Waals surface area contributed by atoms with E-state index in [1.165, 1.54) is 6.20 Å². The van der Waals surface area contributed by atoms with Crippen molar-refractivity contribution in [1.82, 2.24) is 14.8 Å². The van der Waals surface area contributed by atoms with Crippen LogP contribution in [0.2, 0.25) is 5.02 Å². The zero-order valence-electron chi connectivity index (χ0n) is 13.4. The maximum Gasteiger partial charge on any atom is 0.417 e. The van der Waals surface area contributed by atoms with Gasteiger partial charge in [0.05, 0.1) is 21.2 Å². The van der Waals surface area contributed by atoms with Gasteiger partial charge in [0, 0.05) is 17.6 Å².